The van der Waals surface area contributed by atoms with Gasteiger partial charge in [-0.1, -0.05) is 60.4 Å². The van der Waals surface area contributed by atoms with E-state index >= 15 is 0 Å². The van der Waals surface area contributed by atoms with E-state index in [1.807, 2.05) is 6.92 Å². The van der Waals surface area contributed by atoms with E-state index in [4.69, 9.17) is 4.74 Å². The number of halogens is 4. The molecule has 0 heterocycles. The number of aliphatic hydroxyl groups is 1. The summed E-state index contributed by atoms with van der Waals surface area (Å²) in [6.07, 6.45) is 2.69. The Balaban J connectivity index is 5.05. The Bertz CT molecular complexity index is 792. The number of rotatable bonds is 17. The van der Waals surface area contributed by atoms with Gasteiger partial charge in [0.1, 0.15) is 0 Å². The summed E-state index contributed by atoms with van der Waals surface area (Å²) in [5.41, 5.74) is -0.0329. The molecule has 6 heteroatoms. The molecule has 4 atom stereocenters. The molecule has 0 aliphatic heterocycles. The highest BCUT2D eigenvalue weighted by molar-refractivity contribution is 5.37. The summed E-state index contributed by atoms with van der Waals surface area (Å²) in [6, 6.07) is 0. The largest absolute Gasteiger partial charge is 0.491 e. The van der Waals surface area contributed by atoms with Crippen LogP contribution in [0.25, 0.3) is 0 Å². The Hall–Kier alpha value is -2.08. The fourth-order valence-corrected chi connectivity index (χ4v) is 3.11. The van der Waals surface area contributed by atoms with Crippen LogP contribution in [0.4, 0.5) is 17.6 Å². The van der Waals surface area contributed by atoms with Crippen LogP contribution < -0.4 is 0 Å². The minimum Gasteiger partial charge on any atom is -0.491 e. The van der Waals surface area contributed by atoms with Crippen molar-refractivity contribution in [1.82, 2.24) is 0 Å². The van der Waals surface area contributed by atoms with Gasteiger partial charge in [0.2, 0.25) is 0 Å². The van der Waals surface area contributed by atoms with Crippen LogP contribution >= 0.6 is 0 Å². The van der Waals surface area contributed by atoms with Gasteiger partial charge >= 0.3 is 0 Å². The summed E-state index contributed by atoms with van der Waals surface area (Å²) in [5.74, 6) is -5.97. The van der Waals surface area contributed by atoms with Gasteiger partial charge in [0.15, 0.2) is 29.1 Å². The first-order chi connectivity index (χ1) is 15.8. The molecule has 0 bridgehead atoms. The molecule has 0 amide bonds. The maximum absolute atomic E-state index is 14.7. The quantitative estimate of drug-likeness (QED) is 0.0961. The van der Waals surface area contributed by atoms with Gasteiger partial charge in [-0.2, -0.15) is 4.39 Å². The van der Waals surface area contributed by atoms with Crippen LogP contribution in [0, 0.1) is 17.8 Å². The minimum absolute atomic E-state index is 0.0147. The summed E-state index contributed by atoms with van der Waals surface area (Å²) in [5, 5.41) is 9.38. The van der Waals surface area contributed by atoms with E-state index < -0.39 is 41.2 Å². The van der Waals surface area contributed by atoms with Gasteiger partial charge in [0.05, 0.1) is 12.7 Å². The molecule has 1 N–H and O–H groups in total. The van der Waals surface area contributed by atoms with Crippen molar-refractivity contribution in [2.24, 2.45) is 17.8 Å². The SMILES string of the molecule is C=C(OCCCC)/C(F)=C(/F)C(=C)C(C)CCC(C)C(=C)/C(F)=C(/F)C(=C)C(C)CCC(C)O. The maximum atomic E-state index is 14.7. The lowest BCUT2D eigenvalue weighted by Crippen LogP contribution is -2.09. The monoisotopic (exact) mass is 486 g/mol. The first kappa shape index (κ1) is 31.9. The lowest BCUT2D eigenvalue weighted by atomic mass is 9.87. The highest BCUT2D eigenvalue weighted by Gasteiger charge is 2.23. The molecule has 34 heavy (non-hydrogen) atoms. The van der Waals surface area contributed by atoms with E-state index in [0.29, 0.717) is 32.1 Å². The van der Waals surface area contributed by atoms with Gasteiger partial charge in [0, 0.05) is 0 Å². The van der Waals surface area contributed by atoms with E-state index in [1.165, 1.54) is 0 Å². The number of aliphatic hydroxyl groups excluding tert-OH is 1. The summed E-state index contributed by atoms with van der Waals surface area (Å²) < 4.78 is 63.2. The van der Waals surface area contributed by atoms with Gasteiger partial charge in [0.25, 0.3) is 0 Å². The van der Waals surface area contributed by atoms with Gasteiger partial charge < -0.3 is 9.84 Å². The van der Waals surface area contributed by atoms with Crippen LogP contribution in [0.5, 0.6) is 0 Å². The average molecular weight is 487 g/mol. The molecule has 0 rings (SSSR count). The van der Waals surface area contributed by atoms with Crippen molar-refractivity contribution in [2.75, 3.05) is 6.61 Å². The number of allylic oxidation sites excluding steroid dienone is 7. The smallest absolute Gasteiger partial charge is 0.200 e. The average Bonchev–Trinajstić information content (AvgIpc) is 2.81. The normalized spacial score (nSPS) is 16.5. The Kier molecular flexibility index (Phi) is 14.8. The summed E-state index contributed by atoms with van der Waals surface area (Å²) in [4.78, 5) is 0. The zero-order valence-electron chi connectivity index (χ0n) is 21.5. The molecular weight excluding hydrogens is 444 g/mol. The summed E-state index contributed by atoms with van der Waals surface area (Å²) in [6.45, 7) is 23.4. The molecule has 0 aromatic heterocycles. The second kappa shape index (κ2) is 15.8. The van der Waals surface area contributed by atoms with Crippen LogP contribution in [0.3, 0.4) is 0 Å². The van der Waals surface area contributed by atoms with Crippen molar-refractivity contribution >= 4 is 0 Å². The third-order valence-corrected chi connectivity index (χ3v) is 6.08. The molecule has 2 nitrogen and oxygen atoms in total. The first-order valence-corrected chi connectivity index (χ1v) is 11.9. The van der Waals surface area contributed by atoms with E-state index in [2.05, 4.69) is 26.3 Å². The molecule has 0 saturated carbocycles. The topological polar surface area (TPSA) is 29.5 Å². The minimum atomic E-state index is -1.18. The summed E-state index contributed by atoms with van der Waals surface area (Å²) >= 11 is 0. The van der Waals surface area contributed by atoms with Crippen LogP contribution in [0.1, 0.15) is 73.1 Å². The Morgan fingerprint density at radius 1 is 0.676 bits per heavy atom. The van der Waals surface area contributed by atoms with Crippen LogP contribution in [-0.2, 0) is 4.74 Å². The molecule has 0 spiro atoms. The third kappa shape index (κ3) is 10.5. The fraction of sp³-hybridized carbons (Fsp3) is 0.571. The van der Waals surface area contributed by atoms with Crippen LogP contribution in [0.15, 0.2) is 72.1 Å². The van der Waals surface area contributed by atoms with Crippen molar-refractivity contribution in [3.8, 4) is 0 Å². The Labute approximate surface area is 203 Å². The van der Waals surface area contributed by atoms with Crippen LogP contribution in [0.2, 0.25) is 0 Å². The molecule has 4 unspecified atom stereocenters. The molecule has 0 fully saturated rings. The molecular formula is C28H42F4O2. The molecule has 0 radical (unpaired) electrons. The van der Waals surface area contributed by atoms with Crippen molar-refractivity contribution in [3.05, 3.63) is 72.1 Å². The molecule has 0 aromatic rings. The maximum Gasteiger partial charge on any atom is 0.200 e. The molecule has 194 valence electrons. The molecule has 0 aliphatic rings. The fourth-order valence-electron chi connectivity index (χ4n) is 3.11. The molecule has 0 saturated heterocycles. The zero-order valence-corrected chi connectivity index (χ0v) is 21.5. The number of unbranched alkanes of at least 4 members (excludes halogenated alkanes) is 1. The second-order valence-electron chi connectivity index (χ2n) is 9.16. The highest BCUT2D eigenvalue weighted by Crippen LogP contribution is 2.35. The molecule has 0 aromatic carbocycles. The number of hydrogen-bond donors (Lipinski definition) is 1. The third-order valence-electron chi connectivity index (χ3n) is 6.08. The zero-order chi connectivity index (χ0) is 26.6. The van der Waals surface area contributed by atoms with Gasteiger partial charge in [-0.15, -0.1) is 0 Å². The van der Waals surface area contributed by atoms with E-state index in [9.17, 15) is 22.7 Å². The van der Waals surface area contributed by atoms with E-state index in [0.717, 1.165) is 6.42 Å². The van der Waals surface area contributed by atoms with Gasteiger partial charge in [-0.3, -0.25) is 0 Å². The lowest BCUT2D eigenvalue weighted by molar-refractivity contribution is 0.177. The molecule has 0 aliphatic carbocycles. The predicted octanol–water partition coefficient (Wildman–Crippen LogP) is 9.14. The lowest BCUT2D eigenvalue weighted by Gasteiger charge is -2.20. The van der Waals surface area contributed by atoms with E-state index in [-0.39, 0.29) is 35.0 Å². The Morgan fingerprint density at radius 3 is 1.38 bits per heavy atom. The number of hydrogen-bond acceptors (Lipinski definition) is 2. The standard InChI is InChI=1S/C28H42F4O2/c1-10-11-16-34-24(9)28(32)27(31)23(8)18(3)13-12-17(2)21(6)25(29)26(30)22(7)19(4)14-15-20(5)33/h17-20,33H,6-16H2,1-5H3/b26-25-,28-27-. The van der Waals surface area contributed by atoms with Gasteiger partial charge in [-0.25, -0.2) is 13.2 Å². The van der Waals surface area contributed by atoms with Gasteiger partial charge in [-0.05, 0) is 73.5 Å². The van der Waals surface area contributed by atoms with Crippen molar-refractivity contribution in [3.63, 3.8) is 0 Å². The van der Waals surface area contributed by atoms with Crippen molar-refractivity contribution in [2.45, 2.75) is 79.2 Å². The summed E-state index contributed by atoms with van der Waals surface area (Å²) in [7, 11) is 0. The van der Waals surface area contributed by atoms with Crippen molar-refractivity contribution < 1.29 is 27.4 Å². The number of ether oxygens (including phenoxy) is 1. The Morgan fingerprint density at radius 2 is 1.03 bits per heavy atom. The highest BCUT2D eigenvalue weighted by atomic mass is 19.2. The predicted molar refractivity (Wildman–Crippen MR) is 134 cm³/mol. The van der Waals surface area contributed by atoms with E-state index in [1.54, 1.807) is 27.7 Å². The van der Waals surface area contributed by atoms with Crippen molar-refractivity contribution in [1.29, 1.82) is 0 Å². The van der Waals surface area contributed by atoms with Crippen LogP contribution in [-0.4, -0.2) is 17.8 Å². The first-order valence-electron chi connectivity index (χ1n) is 11.9. The second-order valence-corrected chi connectivity index (χ2v) is 9.16.